The second kappa shape index (κ2) is 6.85. The quantitative estimate of drug-likeness (QED) is 0.304. The molecule has 2 amide bonds. The zero-order valence-corrected chi connectivity index (χ0v) is 11.9. The summed E-state index contributed by atoms with van der Waals surface area (Å²) in [6, 6.07) is 3.11. The molecule has 0 saturated carbocycles. The van der Waals surface area contributed by atoms with Gasteiger partial charge in [-0.15, -0.1) is 0 Å². The summed E-state index contributed by atoms with van der Waals surface area (Å²) in [5.41, 5.74) is 4.37. The lowest BCUT2D eigenvalue weighted by atomic mass is 10.3. The van der Waals surface area contributed by atoms with Crippen LogP contribution in [0.15, 0.2) is 23.1 Å². The Morgan fingerprint density at radius 2 is 2.05 bits per heavy atom. The highest BCUT2D eigenvalue weighted by molar-refractivity contribution is 7.89. The molecule has 0 spiro atoms. The number of benzene rings is 1. The number of urea groups is 1. The molecule has 116 valence electrons. The van der Waals surface area contributed by atoms with Crippen molar-refractivity contribution in [1.29, 1.82) is 0 Å². The number of carbonyl (C=O) groups excluding carboxylic acids is 1. The summed E-state index contributed by atoms with van der Waals surface area (Å²) in [7, 11) is -2.64. The number of nitro groups is 1. The molecule has 5 N–H and O–H groups in total. The number of nitrogens with one attached hydrogen (secondary N) is 3. The van der Waals surface area contributed by atoms with Crippen molar-refractivity contribution < 1.29 is 18.1 Å². The molecule has 0 aliphatic rings. The fraction of sp³-hybridized carbons (Fsp3) is 0.300. The van der Waals surface area contributed by atoms with E-state index in [-0.39, 0.29) is 18.8 Å². The molecule has 1 aromatic rings. The van der Waals surface area contributed by atoms with Crippen LogP contribution in [0, 0.1) is 10.1 Å². The minimum atomic E-state index is -4.09. The maximum absolute atomic E-state index is 12.1. The van der Waals surface area contributed by atoms with Crippen LogP contribution < -0.4 is 21.1 Å². The standard InChI is InChI=1S/C10H15N5O5S/c1-12-7-3-2-4-8(9(7)15(17)18)21(19,20)14-6-5-13-10(11)16/h2-4,12,14H,5-6H2,1H3,(H3,11,13,16). The number of rotatable bonds is 7. The van der Waals surface area contributed by atoms with Crippen LogP contribution in [0.4, 0.5) is 16.2 Å². The predicted molar refractivity (Wildman–Crippen MR) is 75.4 cm³/mol. The largest absolute Gasteiger partial charge is 0.383 e. The molecule has 11 heteroatoms. The lowest BCUT2D eigenvalue weighted by Gasteiger charge is -2.09. The van der Waals surface area contributed by atoms with Crippen molar-refractivity contribution >= 4 is 27.4 Å². The van der Waals surface area contributed by atoms with E-state index in [2.05, 4.69) is 15.4 Å². The van der Waals surface area contributed by atoms with Gasteiger partial charge in [0.15, 0.2) is 4.90 Å². The summed E-state index contributed by atoms with van der Waals surface area (Å²) in [6.07, 6.45) is 0. The molecular weight excluding hydrogens is 302 g/mol. The molecule has 0 unspecified atom stereocenters. The van der Waals surface area contributed by atoms with Gasteiger partial charge in [-0.2, -0.15) is 0 Å². The normalized spacial score (nSPS) is 10.9. The van der Waals surface area contributed by atoms with Crippen molar-refractivity contribution in [3.63, 3.8) is 0 Å². The van der Waals surface area contributed by atoms with E-state index < -0.39 is 31.6 Å². The molecule has 0 radical (unpaired) electrons. The molecule has 0 aliphatic carbocycles. The molecule has 10 nitrogen and oxygen atoms in total. The summed E-state index contributed by atoms with van der Waals surface area (Å²) in [5, 5.41) is 15.8. The third kappa shape index (κ3) is 4.29. The van der Waals surface area contributed by atoms with Gasteiger partial charge in [0, 0.05) is 20.1 Å². The molecule has 0 atom stereocenters. The number of hydrogen-bond acceptors (Lipinski definition) is 6. The first-order chi connectivity index (χ1) is 9.79. The summed E-state index contributed by atoms with van der Waals surface area (Å²) in [5.74, 6) is 0. The zero-order valence-electron chi connectivity index (χ0n) is 11.1. The molecule has 0 aromatic heterocycles. The number of carbonyl (C=O) groups is 1. The molecule has 0 saturated heterocycles. The van der Waals surface area contributed by atoms with Gasteiger partial charge in [-0.25, -0.2) is 17.9 Å². The lowest BCUT2D eigenvalue weighted by molar-refractivity contribution is -0.386. The highest BCUT2D eigenvalue weighted by atomic mass is 32.2. The van der Waals surface area contributed by atoms with Crippen LogP contribution in [0.5, 0.6) is 0 Å². The third-order valence-corrected chi connectivity index (χ3v) is 3.95. The lowest BCUT2D eigenvalue weighted by Crippen LogP contribution is -2.37. The van der Waals surface area contributed by atoms with Crippen LogP contribution in [-0.4, -0.2) is 39.5 Å². The number of para-hydroxylation sites is 1. The topological polar surface area (TPSA) is 156 Å². The Bertz CT molecular complexity index is 645. The van der Waals surface area contributed by atoms with E-state index in [4.69, 9.17) is 5.73 Å². The van der Waals surface area contributed by atoms with Crippen LogP contribution in [0.1, 0.15) is 0 Å². The Balaban J connectivity index is 3.03. The minimum Gasteiger partial charge on any atom is -0.383 e. The monoisotopic (exact) mass is 317 g/mol. The summed E-state index contributed by atoms with van der Waals surface area (Å²) < 4.78 is 26.3. The average molecular weight is 317 g/mol. The first-order valence-electron chi connectivity index (χ1n) is 5.77. The third-order valence-electron chi connectivity index (χ3n) is 2.46. The molecule has 0 aliphatic heterocycles. The Morgan fingerprint density at radius 3 is 2.57 bits per heavy atom. The second-order valence-electron chi connectivity index (χ2n) is 3.85. The van der Waals surface area contributed by atoms with Gasteiger partial charge in [0.1, 0.15) is 5.69 Å². The number of amides is 2. The van der Waals surface area contributed by atoms with Gasteiger partial charge in [0.25, 0.3) is 0 Å². The molecule has 1 rings (SSSR count). The first kappa shape index (κ1) is 16.7. The van der Waals surface area contributed by atoms with Crippen LogP contribution >= 0.6 is 0 Å². The van der Waals surface area contributed by atoms with Crippen molar-refractivity contribution in [3.05, 3.63) is 28.3 Å². The van der Waals surface area contributed by atoms with E-state index in [0.717, 1.165) is 6.07 Å². The molecule has 0 heterocycles. The molecule has 0 fully saturated rings. The number of sulfonamides is 1. The van der Waals surface area contributed by atoms with Crippen molar-refractivity contribution in [2.75, 3.05) is 25.5 Å². The highest BCUT2D eigenvalue weighted by Crippen LogP contribution is 2.31. The molecule has 21 heavy (non-hydrogen) atoms. The number of nitrogens with zero attached hydrogens (tertiary/aromatic N) is 1. The maximum Gasteiger partial charge on any atom is 0.312 e. The van der Waals surface area contributed by atoms with Crippen molar-refractivity contribution in [2.45, 2.75) is 4.90 Å². The summed E-state index contributed by atoms with van der Waals surface area (Å²) >= 11 is 0. The zero-order chi connectivity index (χ0) is 16.0. The van der Waals surface area contributed by atoms with Crippen molar-refractivity contribution in [2.24, 2.45) is 5.73 Å². The molecule has 1 aromatic carbocycles. The highest BCUT2D eigenvalue weighted by Gasteiger charge is 2.28. The van der Waals surface area contributed by atoms with Gasteiger partial charge in [0.05, 0.1) is 4.92 Å². The van der Waals surface area contributed by atoms with Crippen LogP contribution in [0.2, 0.25) is 0 Å². The fourth-order valence-corrected chi connectivity index (χ4v) is 2.80. The molecule has 0 bridgehead atoms. The average Bonchev–Trinajstić information content (AvgIpc) is 2.42. The van der Waals surface area contributed by atoms with Crippen LogP contribution in [0.25, 0.3) is 0 Å². The van der Waals surface area contributed by atoms with Gasteiger partial charge in [-0.1, -0.05) is 6.07 Å². The Hall–Kier alpha value is -2.40. The van der Waals surface area contributed by atoms with E-state index in [1.807, 2.05) is 0 Å². The summed E-state index contributed by atoms with van der Waals surface area (Å²) in [4.78, 5) is 20.3. The van der Waals surface area contributed by atoms with Crippen molar-refractivity contribution in [1.82, 2.24) is 10.0 Å². The van der Waals surface area contributed by atoms with E-state index in [1.165, 1.54) is 19.2 Å². The number of anilines is 1. The van der Waals surface area contributed by atoms with Crippen molar-refractivity contribution in [3.8, 4) is 0 Å². The fourth-order valence-electron chi connectivity index (χ4n) is 1.58. The Kier molecular flexibility index (Phi) is 5.44. The Morgan fingerprint density at radius 1 is 1.38 bits per heavy atom. The van der Waals surface area contributed by atoms with Gasteiger partial charge in [-0.3, -0.25) is 10.1 Å². The minimum absolute atomic E-state index is 0.0337. The van der Waals surface area contributed by atoms with E-state index in [0.29, 0.717) is 0 Å². The maximum atomic E-state index is 12.1. The predicted octanol–water partition coefficient (Wildman–Crippen LogP) is -0.417. The smallest absolute Gasteiger partial charge is 0.312 e. The van der Waals surface area contributed by atoms with E-state index in [1.54, 1.807) is 0 Å². The van der Waals surface area contributed by atoms with Crippen LogP contribution in [-0.2, 0) is 10.0 Å². The van der Waals surface area contributed by atoms with Gasteiger partial charge >= 0.3 is 11.7 Å². The number of nitrogens with two attached hydrogens (primary N) is 1. The Labute approximate surface area is 120 Å². The SMILES string of the molecule is CNc1cccc(S(=O)(=O)NCCNC(N)=O)c1[N+](=O)[O-]. The van der Waals surface area contributed by atoms with E-state index in [9.17, 15) is 23.3 Å². The van der Waals surface area contributed by atoms with Crippen LogP contribution in [0.3, 0.4) is 0 Å². The summed E-state index contributed by atoms with van der Waals surface area (Å²) in [6.45, 7) is -0.180. The van der Waals surface area contributed by atoms with Gasteiger partial charge in [-0.05, 0) is 12.1 Å². The van der Waals surface area contributed by atoms with E-state index >= 15 is 0 Å². The number of nitro benzene ring substituents is 1. The second-order valence-corrected chi connectivity index (χ2v) is 5.58. The molecular formula is C10H15N5O5S. The van der Waals surface area contributed by atoms with Gasteiger partial charge in [0.2, 0.25) is 10.0 Å². The first-order valence-corrected chi connectivity index (χ1v) is 7.26. The van der Waals surface area contributed by atoms with Gasteiger partial charge < -0.3 is 16.4 Å². The number of primary amides is 1. The number of hydrogen-bond donors (Lipinski definition) is 4.